The molecule has 9 heteroatoms. The molecule has 1 fully saturated rings. The van der Waals surface area contributed by atoms with Gasteiger partial charge in [0.2, 0.25) is 10.0 Å². The Labute approximate surface area is 169 Å². The zero-order valence-electron chi connectivity index (χ0n) is 15.2. The number of hydrogen-bond donors (Lipinski definition) is 2. The monoisotopic (exact) mass is 421 g/mol. The van der Waals surface area contributed by atoms with E-state index in [1.54, 1.807) is 24.4 Å². The van der Waals surface area contributed by atoms with E-state index in [9.17, 15) is 13.2 Å². The number of nitrogens with one attached hydrogen (secondary N) is 2. The van der Waals surface area contributed by atoms with Gasteiger partial charge in [-0.15, -0.1) is 0 Å². The summed E-state index contributed by atoms with van der Waals surface area (Å²) in [6, 6.07) is 12.7. The summed E-state index contributed by atoms with van der Waals surface area (Å²) in [6.45, 7) is 2.12. The molecule has 0 bridgehead atoms. The van der Waals surface area contributed by atoms with Crippen molar-refractivity contribution in [1.82, 2.24) is 9.29 Å². The second-order valence-electron chi connectivity index (χ2n) is 6.47. The lowest BCUT2D eigenvalue weighted by Gasteiger charge is -2.30. The average Bonchev–Trinajstić information content (AvgIpc) is 2.69. The number of carbonyl (C=O) groups is 1. The number of quaternary nitrogens is 1. The third kappa shape index (κ3) is 5.62. The fraction of sp³-hybridized carbons (Fsp3) is 0.263. The molecule has 1 aliphatic rings. The van der Waals surface area contributed by atoms with Crippen LogP contribution in [0, 0.1) is 0 Å². The van der Waals surface area contributed by atoms with Crippen molar-refractivity contribution in [3.05, 3.63) is 64.8 Å². The molecule has 2 heterocycles. The van der Waals surface area contributed by atoms with Crippen molar-refractivity contribution in [3.8, 4) is 0 Å². The van der Waals surface area contributed by atoms with E-state index in [1.165, 1.54) is 9.71 Å². The minimum atomic E-state index is -3.47. The van der Waals surface area contributed by atoms with E-state index in [2.05, 4.69) is 10.3 Å². The van der Waals surface area contributed by atoms with Gasteiger partial charge in [0, 0.05) is 11.6 Å². The van der Waals surface area contributed by atoms with Gasteiger partial charge in [0.1, 0.15) is 0 Å². The lowest BCUT2D eigenvalue weighted by molar-refractivity contribution is -0.895. The first-order valence-electron chi connectivity index (χ1n) is 8.91. The molecule has 1 aromatic carbocycles. The number of nitrogens with zero attached hydrogens (tertiary/aromatic N) is 2. The Balaban J connectivity index is 1.50. The summed E-state index contributed by atoms with van der Waals surface area (Å²) < 4.78 is 26.4. The smallest absolute Gasteiger partial charge is 0.279 e. The van der Waals surface area contributed by atoms with E-state index in [-0.39, 0.29) is 17.6 Å². The van der Waals surface area contributed by atoms with Gasteiger partial charge < -0.3 is 10.2 Å². The molecule has 0 atom stereocenters. The van der Waals surface area contributed by atoms with Gasteiger partial charge in [-0.2, -0.15) is 4.31 Å². The van der Waals surface area contributed by atoms with Gasteiger partial charge in [0.25, 0.3) is 5.91 Å². The summed E-state index contributed by atoms with van der Waals surface area (Å²) in [7, 11) is -3.47. The predicted molar refractivity (Wildman–Crippen MR) is 109 cm³/mol. The number of carbonyl (C=O) groups excluding carboxylic acids is 1. The number of hydrogen-bond acceptors (Lipinski definition) is 4. The van der Waals surface area contributed by atoms with Crippen molar-refractivity contribution >= 4 is 39.3 Å². The summed E-state index contributed by atoms with van der Waals surface area (Å²) in [4.78, 5) is 17.2. The summed E-state index contributed by atoms with van der Waals surface area (Å²) in [6.07, 6.45) is 3.15. The minimum Gasteiger partial charge on any atom is -0.325 e. The first-order chi connectivity index (χ1) is 13.4. The Bertz CT molecular complexity index is 943. The lowest BCUT2D eigenvalue weighted by atomic mass is 10.2. The largest absolute Gasteiger partial charge is 0.325 e. The van der Waals surface area contributed by atoms with Gasteiger partial charge >= 0.3 is 0 Å². The molecule has 3 rings (SSSR count). The van der Waals surface area contributed by atoms with E-state index >= 15 is 0 Å². The van der Waals surface area contributed by atoms with Crippen LogP contribution in [0.5, 0.6) is 0 Å². The molecule has 7 nitrogen and oxygen atoms in total. The molecule has 0 spiro atoms. The van der Waals surface area contributed by atoms with Crippen molar-refractivity contribution in [2.24, 2.45) is 0 Å². The van der Waals surface area contributed by atoms with Gasteiger partial charge in [0.15, 0.2) is 11.7 Å². The SMILES string of the molecule is O=C(C[NH+]1CCN(S(=O)(=O)/C=C/c2ccccc2)CC1)Nc1cccnc1Cl. The zero-order valence-corrected chi connectivity index (χ0v) is 16.8. The van der Waals surface area contributed by atoms with E-state index < -0.39 is 10.0 Å². The van der Waals surface area contributed by atoms with E-state index in [1.807, 2.05) is 30.3 Å². The molecule has 0 saturated carbocycles. The van der Waals surface area contributed by atoms with Gasteiger partial charge in [-0.1, -0.05) is 41.9 Å². The number of anilines is 1. The zero-order chi connectivity index (χ0) is 20.0. The molecule has 2 aromatic rings. The van der Waals surface area contributed by atoms with E-state index in [0.29, 0.717) is 31.9 Å². The van der Waals surface area contributed by atoms with Gasteiger partial charge in [-0.05, 0) is 23.8 Å². The van der Waals surface area contributed by atoms with E-state index in [0.717, 1.165) is 10.5 Å². The first kappa shape index (κ1) is 20.5. The second kappa shape index (κ2) is 9.29. The number of rotatable bonds is 6. The quantitative estimate of drug-likeness (QED) is 0.678. The Morgan fingerprint density at radius 3 is 2.57 bits per heavy atom. The van der Waals surface area contributed by atoms with Crippen molar-refractivity contribution in [1.29, 1.82) is 0 Å². The Morgan fingerprint density at radius 2 is 1.89 bits per heavy atom. The van der Waals surface area contributed by atoms with Crippen LogP contribution < -0.4 is 10.2 Å². The normalized spacial score (nSPS) is 16.3. The van der Waals surface area contributed by atoms with Crippen molar-refractivity contribution in [2.75, 3.05) is 38.0 Å². The molecule has 1 saturated heterocycles. The summed E-state index contributed by atoms with van der Waals surface area (Å²) in [5.41, 5.74) is 1.31. The predicted octanol–water partition coefficient (Wildman–Crippen LogP) is 0.875. The first-order valence-corrected chi connectivity index (χ1v) is 10.8. The maximum atomic E-state index is 12.5. The number of pyridine rings is 1. The number of aromatic nitrogens is 1. The molecule has 1 amide bonds. The average molecular weight is 422 g/mol. The molecule has 0 aliphatic carbocycles. The molecular weight excluding hydrogens is 400 g/mol. The van der Waals surface area contributed by atoms with Crippen LogP contribution in [-0.2, 0) is 14.8 Å². The third-order valence-electron chi connectivity index (χ3n) is 4.47. The van der Waals surface area contributed by atoms with Gasteiger partial charge in [0.05, 0.1) is 31.9 Å². The molecule has 2 N–H and O–H groups in total. The fourth-order valence-corrected chi connectivity index (χ4v) is 4.31. The van der Waals surface area contributed by atoms with Crippen LogP contribution >= 0.6 is 11.6 Å². The Hall–Kier alpha value is -2.26. The summed E-state index contributed by atoms with van der Waals surface area (Å²) in [5.74, 6) is -0.176. The molecule has 1 aliphatic heterocycles. The molecule has 1 aromatic heterocycles. The summed E-state index contributed by atoms with van der Waals surface area (Å²) >= 11 is 5.94. The van der Waals surface area contributed by atoms with Crippen molar-refractivity contribution in [2.45, 2.75) is 0 Å². The van der Waals surface area contributed by atoms with Crippen LogP contribution in [0.1, 0.15) is 5.56 Å². The summed E-state index contributed by atoms with van der Waals surface area (Å²) in [5, 5.41) is 4.22. The lowest BCUT2D eigenvalue weighted by Crippen LogP contribution is -3.15. The van der Waals surface area contributed by atoms with Crippen molar-refractivity contribution in [3.63, 3.8) is 0 Å². The number of piperazine rings is 1. The van der Waals surface area contributed by atoms with Crippen LogP contribution in [0.15, 0.2) is 54.1 Å². The maximum absolute atomic E-state index is 12.5. The minimum absolute atomic E-state index is 0.176. The van der Waals surface area contributed by atoms with Crippen LogP contribution in [0.25, 0.3) is 6.08 Å². The number of benzene rings is 1. The molecule has 0 unspecified atom stereocenters. The highest BCUT2D eigenvalue weighted by Gasteiger charge is 2.28. The van der Waals surface area contributed by atoms with Crippen molar-refractivity contribution < 1.29 is 18.1 Å². The number of amides is 1. The molecular formula is C19H22ClN4O3S+. The highest BCUT2D eigenvalue weighted by Crippen LogP contribution is 2.16. The second-order valence-corrected chi connectivity index (χ2v) is 8.65. The number of sulfonamides is 1. The Kier molecular flexibility index (Phi) is 6.79. The van der Waals surface area contributed by atoms with Crippen LogP contribution in [-0.4, -0.2) is 56.3 Å². The topological polar surface area (TPSA) is 83.8 Å². The van der Waals surface area contributed by atoms with Crippen LogP contribution in [0.4, 0.5) is 5.69 Å². The molecule has 0 radical (unpaired) electrons. The number of halogens is 1. The van der Waals surface area contributed by atoms with E-state index in [4.69, 9.17) is 11.6 Å². The van der Waals surface area contributed by atoms with Crippen LogP contribution in [0.3, 0.4) is 0 Å². The maximum Gasteiger partial charge on any atom is 0.279 e. The molecule has 148 valence electrons. The van der Waals surface area contributed by atoms with Gasteiger partial charge in [-0.3, -0.25) is 4.79 Å². The fourth-order valence-electron chi connectivity index (χ4n) is 2.95. The Morgan fingerprint density at radius 1 is 1.18 bits per heavy atom. The van der Waals surface area contributed by atoms with Crippen LogP contribution in [0.2, 0.25) is 5.15 Å². The highest BCUT2D eigenvalue weighted by molar-refractivity contribution is 7.92. The molecule has 28 heavy (non-hydrogen) atoms. The third-order valence-corrected chi connectivity index (χ3v) is 6.33. The standard InChI is InChI=1S/C19H21ClN4O3S/c20-19-17(7-4-9-21-19)22-18(25)15-23-10-12-24(13-11-23)28(26,27)14-8-16-5-2-1-3-6-16/h1-9,14H,10-13,15H2,(H,22,25)/p+1/b14-8+. The highest BCUT2D eigenvalue weighted by atomic mass is 35.5. The van der Waals surface area contributed by atoms with Gasteiger partial charge in [-0.25, -0.2) is 13.4 Å².